The van der Waals surface area contributed by atoms with Crippen LogP contribution in [0.15, 0.2) is 89.5 Å². The van der Waals surface area contributed by atoms with Crippen LogP contribution in [-0.4, -0.2) is 15.4 Å². The number of nitrogens with zero attached hydrogens (tertiary/aromatic N) is 2. The summed E-state index contributed by atoms with van der Waals surface area (Å²) >= 11 is 0. The van der Waals surface area contributed by atoms with Gasteiger partial charge in [-0.25, -0.2) is 0 Å². The minimum atomic E-state index is 0.00110. The van der Waals surface area contributed by atoms with E-state index in [1.165, 1.54) is 21.8 Å². The predicted molar refractivity (Wildman–Crippen MR) is 129 cm³/mol. The van der Waals surface area contributed by atoms with E-state index in [-0.39, 0.29) is 5.91 Å². The van der Waals surface area contributed by atoms with Crippen molar-refractivity contribution < 1.29 is 9.21 Å². The van der Waals surface area contributed by atoms with Gasteiger partial charge in [-0.3, -0.25) is 4.79 Å². The Morgan fingerprint density at radius 3 is 2.50 bits per heavy atom. The quantitative estimate of drug-likeness (QED) is 0.311. The highest BCUT2D eigenvalue weighted by atomic mass is 16.3. The van der Waals surface area contributed by atoms with Crippen LogP contribution in [0.5, 0.6) is 0 Å². The van der Waals surface area contributed by atoms with Crippen molar-refractivity contribution >= 4 is 27.7 Å². The highest BCUT2D eigenvalue weighted by Crippen LogP contribution is 2.30. The Morgan fingerprint density at radius 1 is 0.875 bits per heavy atom. The molecule has 0 spiro atoms. The molecular formula is C28H26N2O2. The molecule has 0 fully saturated rings. The zero-order valence-corrected chi connectivity index (χ0v) is 18.4. The molecule has 0 radical (unpaired) electrons. The summed E-state index contributed by atoms with van der Waals surface area (Å²) in [5.41, 5.74) is 5.33. The number of carbonyl (C=O) groups excluding carboxylic acids is 1. The topological polar surface area (TPSA) is 38.4 Å². The third-order valence-corrected chi connectivity index (χ3v) is 6.01. The van der Waals surface area contributed by atoms with E-state index in [9.17, 15) is 4.79 Å². The Kier molecular flexibility index (Phi) is 5.28. The molecule has 1 amide bonds. The second kappa shape index (κ2) is 8.39. The molecule has 0 aliphatic carbocycles. The van der Waals surface area contributed by atoms with Gasteiger partial charge in [0.2, 0.25) is 0 Å². The molecule has 160 valence electrons. The molecule has 5 aromatic rings. The van der Waals surface area contributed by atoms with E-state index >= 15 is 0 Å². The normalized spacial score (nSPS) is 11.3. The summed E-state index contributed by atoms with van der Waals surface area (Å²) in [5.74, 6) is 0.774. The SMILES string of the molecule is CCn1c2ccccc2c2cc(CN(Cc3ccco3)C(=O)c3cccc(C)c3)ccc21. The van der Waals surface area contributed by atoms with Crippen LogP contribution in [0.1, 0.15) is 34.2 Å². The standard InChI is InChI=1S/C28H26N2O2/c1-3-30-26-12-5-4-11-24(26)25-17-21(13-14-27(25)30)18-29(19-23-10-7-15-32-23)28(31)22-9-6-8-20(2)16-22/h4-17H,3,18-19H2,1-2H3. The number of aromatic nitrogens is 1. The largest absolute Gasteiger partial charge is 0.467 e. The van der Waals surface area contributed by atoms with Gasteiger partial charge in [0.15, 0.2) is 0 Å². The Labute approximate surface area is 187 Å². The van der Waals surface area contributed by atoms with Gasteiger partial charge in [-0.05, 0) is 61.9 Å². The summed E-state index contributed by atoms with van der Waals surface area (Å²) in [5, 5.41) is 2.47. The van der Waals surface area contributed by atoms with Gasteiger partial charge in [-0.15, -0.1) is 0 Å². The molecule has 0 aliphatic heterocycles. The van der Waals surface area contributed by atoms with E-state index in [0.717, 1.165) is 23.4 Å². The molecule has 0 atom stereocenters. The van der Waals surface area contributed by atoms with Crippen LogP contribution >= 0.6 is 0 Å². The molecule has 4 heteroatoms. The zero-order chi connectivity index (χ0) is 22.1. The molecule has 0 saturated heterocycles. The van der Waals surface area contributed by atoms with Gasteiger partial charge in [0.1, 0.15) is 5.76 Å². The maximum atomic E-state index is 13.4. The molecule has 3 aromatic carbocycles. The number of para-hydroxylation sites is 1. The number of hydrogen-bond donors (Lipinski definition) is 0. The van der Waals surface area contributed by atoms with Crippen LogP contribution < -0.4 is 0 Å². The Bertz CT molecular complexity index is 1400. The van der Waals surface area contributed by atoms with Gasteiger partial charge in [-0.2, -0.15) is 0 Å². The van der Waals surface area contributed by atoms with Crippen LogP contribution in [0.4, 0.5) is 0 Å². The van der Waals surface area contributed by atoms with Crippen molar-refractivity contribution in [3.05, 3.63) is 108 Å². The first-order valence-electron chi connectivity index (χ1n) is 11.0. The van der Waals surface area contributed by atoms with E-state index in [1.54, 1.807) is 6.26 Å². The second-order valence-corrected chi connectivity index (χ2v) is 8.22. The van der Waals surface area contributed by atoms with Crippen molar-refractivity contribution in [2.24, 2.45) is 0 Å². The fourth-order valence-corrected chi connectivity index (χ4v) is 4.51. The molecule has 0 unspecified atom stereocenters. The molecule has 5 rings (SSSR count). The van der Waals surface area contributed by atoms with Gasteiger partial charge in [0, 0.05) is 40.5 Å². The van der Waals surface area contributed by atoms with Crippen molar-refractivity contribution in [3.8, 4) is 0 Å². The van der Waals surface area contributed by atoms with E-state index in [0.29, 0.717) is 18.7 Å². The highest BCUT2D eigenvalue weighted by molar-refractivity contribution is 6.08. The lowest BCUT2D eigenvalue weighted by Gasteiger charge is -2.22. The van der Waals surface area contributed by atoms with Crippen molar-refractivity contribution in [2.45, 2.75) is 33.5 Å². The smallest absolute Gasteiger partial charge is 0.254 e. The first kappa shape index (κ1) is 20.1. The Hall–Kier alpha value is -3.79. The number of benzene rings is 3. The van der Waals surface area contributed by atoms with E-state index in [1.807, 2.05) is 48.2 Å². The lowest BCUT2D eigenvalue weighted by molar-refractivity contribution is 0.0717. The van der Waals surface area contributed by atoms with Crippen LogP contribution in [0.25, 0.3) is 21.8 Å². The minimum absolute atomic E-state index is 0.00110. The predicted octanol–water partition coefficient (Wildman–Crippen LogP) is 6.56. The number of hydrogen-bond acceptors (Lipinski definition) is 2. The number of aryl methyl sites for hydroxylation is 2. The first-order chi connectivity index (χ1) is 15.6. The van der Waals surface area contributed by atoms with Crippen molar-refractivity contribution in [1.29, 1.82) is 0 Å². The molecule has 0 bridgehead atoms. The number of amides is 1. The van der Waals surface area contributed by atoms with E-state index in [4.69, 9.17) is 4.42 Å². The summed E-state index contributed by atoms with van der Waals surface area (Å²) in [4.78, 5) is 15.3. The van der Waals surface area contributed by atoms with Gasteiger partial charge in [0.25, 0.3) is 5.91 Å². The highest BCUT2D eigenvalue weighted by Gasteiger charge is 2.19. The lowest BCUT2D eigenvalue weighted by Crippen LogP contribution is -2.30. The van der Waals surface area contributed by atoms with Crippen LogP contribution in [-0.2, 0) is 19.6 Å². The number of carbonyl (C=O) groups is 1. The molecule has 2 heterocycles. The van der Waals surface area contributed by atoms with E-state index in [2.05, 4.69) is 54.0 Å². The Balaban J connectivity index is 1.54. The first-order valence-corrected chi connectivity index (χ1v) is 11.0. The van der Waals surface area contributed by atoms with Gasteiger partial charge in [0.05, 0.1) is 12.8 Å². The van der Waals surface area contributed by atoms with Gasteiger partial charge in [-0.1, -0.05) is 42.0 Å². The summed E-state index contributed by atoms with van der Waals surface area (Å²) in [7, 11) is 0. The summed E-state index contributed by atoms with van der Waals surface area (Å²) in [6.07, 6.45) is 1.65. The summed E-state index contributed by atoms with van der Waals surface area (Å²) in [6.45, 7) is 6.03. The van der Waals surface area contributed by atoms with Gasteiger partial charge >= 0.3 is 0 Å². The molecule has 32 heavy (non-hydrogen) atoms. The van der Waals surface area contributed by atoms with Crippen LogP contribution in [0.2, 0.25) is 0 Å². The number of fused-ring (bicyclic) bond motifs is 3. The Morgan fingerprint density at radius 2 is 1.72 bits per heavy atom. The average Bonchev–Trinajstić information content (AvgIpc) is 3.43. The molecule has 0 saturated carbocycles. The minimum Gasteiger partial charge on any atom is -0.467 e. The lowest BCUT2D eigenvalue weighted by atomic mass is 10.1. The monoisotopic (exact) mass is 422 g/mol. The maximum absolute atomic E-state index is 13.4. The van der Waals surface area contributed by atoms with Crippen LogP contribution in [0.3, 0.4) is 0 Å². The molecular weight excluding hydrogens is 396 g/mol. The number of rotatable bonds is 6. The number of furan rings is 1. The molecule has 0 N–H and O–H groups in total. The fourth-order valence-electron chi connectivity index (χ4n) is 4.51. The second-order valence-electron chi connectivity index (χ2n) is 8.22. The molecule has 2 aromatic heterocycles. The fraction of sp³-hybridized carbons (Fsp3) is 0.179. The van der Waals surface area contributed by atoms with Crippen molar-refractivity contribution in [2.75, 3.05) is 0 Å². The van der Waals surface area contributed by atoms with Gasteiger partial charge < -0.3 is 13.9 Å². The average molecular weight is 423 g/mol. The van der Waals surface area contributed by atoms with Crippen molar-refractivity contribution in [3.63, 3.8) is 0 Å². The summed E-state index contributed by atoms with van der Waals surface area (Å²) < 4.78 is 7.90. The molecule has 0 aliphatic rings. The third-order valence-electron chi connectivity index (χ3n) is 6.01. The van der Waals surface area contributed by atoms with E-state index < -0.39 is 0 Å². The molecule has 4 nitrogen and oxygen atoms in total. The van der Waals surface area contributed by atoms with Crippen LogP contribution in [0, 0.1) is 6.92 Å². The maximum Gasteiger partial charge on any atom is 0.254 e. The third kappa shape index (κ3) is 3.69. The zero-order valence-electron chi connectivity index (χ0n) is 18.4. The van der Waals surface area contributed by atoms with Crippen molar-refractivity contribution in [1.82, 2.24) is 9.47 Å². The summed E-state index contributed by atoms with van der Waals surface area (Å²) in [6, 6.07) is 26.6.